The average Bonchev–Trinajstić information content (AvgIpc) is 2.14. The number of aromatic nitrogens is 1. The lowest BCUT2D eigenvalue weighted by Crippen LogP contribution is -2.42. The number of nitrogen functional groups attached to an aromatic ring is 1. The summed E-state index contributed by atoms with van der Waals surface area (Å²) >= 11 is 0. The van der Waals surface area contributed by atoms with E-state index >= 15 is 0 Å². The zero-order valence-corrected chi connectivity index (χ0v) is 10.2. The second-order valence-corrected chi connectivity index (χ2v) is 4.80. The summed E-state index contributed by atoms with van der Waals surface area (Å²) in [6.07, 6.45) is 2.23. The highest BCUT2D eigenvalue weighted by molar-refractivity contribution is 5.32. The third-order valence-corrected chi connectivity index (χ3v) is 2.32. The van der Waals surface area contributed by atoms with Crippen molar-refractivity contribution in [2.75, 3.05) is 12.3 Å². The summed E-state index contributed by atoms with van der Waals surface area (Å²) in [5.74, 6) is 0.491. The smallest absolute Gasteiger partial charge is 0.123 e. The number of aliphatic hydroxyl groups is 1. The van der Waals surface area contributed by atoms with E-state index in [1.54, 1.807) is 12.3 Å². The minimum absolute atomic E-state index is 0.369. The lowest BCUT2D eigenvalue weighted by atomic mass is 9.97. The van der Waals surface area contributed by atoms with Crippen molar-refractivity contribution >= 4 is 5.82 Å². The van der Waals surface area contributed by atoms with Gasteiger partial charge in [0, 0.05) is 25.2 Å². The van der Waals surface area contributed by atoms with Gasteiger partial charge in [0.25, 0.3) is 0 Å². The van der Waals surface area contributed by atoms with Crippen molar-refractivity contribution in [3.63, 3.8) is 0 Å². The molecule has 0 spiro atoms. The maximum Gasteiger partial charge on any atom is 0.123 e. The fraction of sp³-hybridized carbons (Fsp3) is 0.583. The van der Waals surface area contributed by atoms with Gasteiger partial charge in [-0.15, -0.1) is 0 Å². The van der Waals surface area contributed by atoms with Crippen molar-refractivity contribution in [3.8, 4) is 0 Å². The van der Waals surface area contributed by atoms with Crippen LogP contribution >= 0.6 is 0 Å². The maximum atomic E-state index is 10.2. The van der Waals surface area contributed by atoms with Crippen LogP contribution < -0.4 is 11.1 Å². The molecule has 0 aliphatic rings. The normalized spacial score (nSPS) is 15.1. The Morgan fingerprint density at radius 1 is 1.56 bits per heavy atom. The van der Waals surface area contributed by atoms with Gasteiger partial charge in [-0.3, -0.25) is 0 Å². The summed E-state index contributed by atoms with van der Waals surface area (Å²) in [6, 6.07) is 4.04. The van der Waals surface area contributed by atoms with Gasteiger partial charge in [0.2, 0.25) is 0 Å². The van der Waals surface area contributed by atoms with Crippen LogP contribution in [0.1, 0.15) is 26.3 Å². The van der Waals surface area contributed by atoms with Gasteiger partial charge in [0.15, 0.2) is 0 Å². The number of rotatable bonds is 5. The fourth-order valence-electron chi connectivity index (χ4n) is 1.53. The largest absolute Gasteiger partial charge is 0.389 e. The summed E-state index contributed by atoms with van der Waals surface area (Å²) in [4.78, 5) is 3.92. The summed E-state index contributed by atoms with van der Waals surface area (Å²) in [5.41, 5.74) is 5.83. The first-order valence-corrected chi connectivity index (χ1v) is 5.55. The third kappa shape index (κ3) is 4.59. The molecule has 0 aliphatic carbocycles. The minimum atomic E-state index is -0.766. The van der Waals surface area contributed by atoms with Crippen LogP contribution in [0.25, 0.3) is 0 Å². The summed E-state index contributed by atoms with van der Waals surface area (Å²) in [6.45, 7) is 6.49. The summed E-state index contributed by atoms with van der Waals surface area (Å²) in [5, 5.41) is 13.4. The molecule has 1 atom stereocenters. The highest BCUT2D eigenvalue weighted by Gasteiger charge is 2.21. The molecular formula is C12H21N3O. The van der Waals surface area contributed by atoms with E-state index in [-0.39, 0.29) is 0 Å². The quantitative estimate of drug-likeness (QED) is 0.695. The second kappa shape index (κ2) is 5.27. The average molecular weight is 223 g/mol. The maximum absolute atomic E-state index is 10.2. The Hall–Kier alpha value is -1.13. The Labute approximate surface area is 96.9 Å². The van der Waals surface area contributed by atoms with E-state index in [2.05, 4.69) is 24.1 Å². The van der Waals surface area contributed by atoms with E-state index in [1.807, 2.05) is 13.0 Å². The molecule has 4 heteroatoms. The second-order valence-electron chi connectivity index (χ2n) is 4.80. The van der Waals surface area contributed by atoms with E-state index in [1.165, 1.54) is 0 Å². The molecule has 0 saturated heterocycles. The molecule has 4 N–H and O–H groups in total. The molecule has 1 unspecified atom stereocenters. The first-order valence-electron chi connectivity index (χ1n) is 5.55. The molecule has 0 aromatic carbocycles. The number of pyridine rings is 1. The van der Waals surface area contributed by atoms with Crippen LogP contribution in [0.2, 0.25) is 0 Å². The SMILES string of the molecule is CC(C)NCC(C)(O)Cc1ccnc(N)c1. The Kier molecular flexibility index (Phi) is 4.26. The van der Waals surface area contributed by atoms with Crippen molar-refractivity contribution in [2.24, 2.45) is 0 Å². The van der Waals surface area contributed by atoms with E-state index in [0.29, 0.717) is 24.8 Å². The standard InChI is InChI=1S/C12H21N3O/c1-9(2)15-8-12(3,16)7-10-4-5-14-11(13)6-10/h4-6,9,15-16H,7-8H2,1-3H3,(H2,13,14). The van der Waals surface area contributed by atoms with Gasteiger partial charge >= 0.3 is 0 Å². The van der Waals surface area contributed by atoms with E-state index in [4.69, 9.17) is 5.73 Å². The van der Waals surface area contributed by atoms with Crippen LogP contribution in [-0.4, -0.2) is 28.3 Å². The molecule has 1 heterocycles. The Morgan fingerprint density at radius 2 is 2.25 bits per heavy atom. The van der Waals surface area contributed by atoms with Crippen molar-refractivity contribution in [2.45, 2.75) is 38.8 Å². The number of nitrogens with zero attached hydrogens (tertiary/aromatic N) is 1. The van der Waals surface area contributed by atoms with E-state index < -0.39 is 5.60 Å². The molecule has 0 fully saturated rings. The summed E-state index contributed by atoms with van der Waals surface area (Å²) in [7, 11) is 0. The molecule has 4 nitrogen and oxygen atoms in total. The summed E-state index contributed by atoms with van der Waals surface area (Å²) < 4.78 is 0. The topological polar surface area (TPSA) is 71.2 Å². The first kappa shape index (κ1) is 12.9. The number of hydrogen-bond donors (Lipinski definition) is 3. The minimum Gasteiger partial charge on any atom is -0.389 e. The van der Waals surface area contributed by atoms with Gasteiger partial charge < -0.3 is 16.2 Å². The zero-order valence-electron chi connectivity index (χ0n) is 10.2. The van der Waals surface area contributed by atoms with Crippen LogP contribution in [0.3, 0.4) is 0 Å². The molecule has 1 aromatic rings. The van der Waals surface area contributed by atoms with Crippen molar-refractivity contribution < 1.29 is 5.11 Å². The lowest BCUT2D eigenvalue weighted by molar-refractivity contribution is 0.0581. The molecule has 1 rings (SSSR count). The highest BCUT2D eigenvalue weighted by atomic mass is 16.3. The van der Waals surface area contributed by atoms with E-state index in [9.17, 15) is 5.11 Å². The van der Waals surface area contributed by atoms with Gasteiger partial charge in [-0.1, -0.05) is 13.8 Å². The molecule has 0 radical (unpaired) electrons. The molecule has 0 bridgehead atoms. The first-order chi connectivity index (χ1) is 7.39. The van der Waals surface area contributed by atoms with Crippen molar-refractivity contribution in [1.82, 2.24) is 10.3 Å². The molecule has 90 valence electrons. The predicted octanol–water partition coefficient (Wildman–Crippen LogP) is 0.955. The lowest BCUT2D eigenvalue weighted by Gasteiger charge is -2.25. The Balaban J connectivity index is 2.58. The van der Waals surface area contributed by atoms with Gasteiger partial charge in [0.1, 0.15) is 5.82 Å². The molecule has 1 aromatic heterocycles. The molecule has 16 heavy (non-hydrogen) atoms. The molecule has 0 amide bonds. The number of nitrogens with one attached hydrogen (secondary N) is 1. The van der Waals surface area contributed by atoms with Gasteiger partial charge in [0.05, 0.1) is 5.60 Å². The van der Waals surface area contributed by atoms with Gasteiger partial charge in [-0.05, 0) is 24.6 Å². The van der Waals surface area contributed by atoms with Crippen LogP contribution in [0.4, 0.5) is 5.82 Å². The van der Waals surface area contributed by atoms with Crippen LogP contribution in [-0.2, 0) is 6.42 Å². The molecular weight excluding hydrogens is 202 g/mol. The van der Waals surface area contributed by atoms with Gasteiger partial charge in [-0.25, -0.2) is 4.98 Å². The highest BCUT2D eigenvalue weighted by Crippen LogP contribution is 2.13. The van der Waals surface area contributed by atoms with E-state index in [0.717, 1.165) is 5.56 Å². The Bertz CT molecular complexity index is 337. The third-order valence-electron chi connectivity index (χ3n) is 2.32. The Morgan fingerprint density at radius 3 is 2.81 bits per heavy atom. The van der Waals surface area contributed by atoms with Crippen LogP contribution in [0.5, 0.6) is 0 Å². The number of nitrogens with two attached hydrogens (primary N) is 1. The number of hydrogen-bond acceptors (Lipinski definition) is 4. The molecule has 0 saturated carbocycles. The van der Waals surface area contributed by atoms with Crippen LogP contribution in [0, 0.1) is 0 Å². The number of anilines is 1. The van der Waals surface area contributed by atoms with Crippen LogP contribution in [0.15, 0.2) is 18.3 Å². The monoisotopic (exact) mass is 223 g/mol. The molecule has 0 aliphatic heterocycles. The van der Waals surface area contributed by atoms with Crippen molar-refractivity contribution in [1.29, 1.82) is 0 Å². The van der Waals surface area contributed by atoms with Crippen molar-refractivity contribution in [3.05, 3.63) is 23.9 Å². The van der Waals surface area contributed by atoms with Gasteiger partial charge in [-0.2, -0.15) is 0 Å². The predicted molar refractivity (Wildman–Crippen MR) is 66.1 cm³/mol. The zero-order chi connectivity index (χ0) is 12.2. The fourth-order valence-corrected chi connectivity index (χ4v) is 1.53.